The van der Waals surface area contributed by atoms with Crippen LogP contribution in [0.15, 0.2) is 18.2 Å². The predicted molar refractivity (Wildman–Crippen MR) is 80.5 cm³/mol. The van der Waals surface area contributed by atoms with Gasteiger partial charge in [-0.15, -0.1) is 0 Å². The Kier molecular flexibility index (Phi) is 6.00. The minimum atomic E-state index is -1.09. The lowest BCUT2D eigenvalue weighted by molar-refractivity contribution is -0.394. The van der Waals surface area contributed by atoms with Crippen LogP contribution in [0.1, 0.15) is 40.0 Å². The highest BCUT2D eigenvalue weighted by Crippen LogP contribution is 2.31. The Morgan fingerprint density at radius 3 is 2.39 bits per heavy atom. The molecule has 0 aliphatic heterocycles. The summed E-state index contributed by atoms with van der Waals surface area (Å²) in [6.07, 6.45) is 1.29. The molecule has 0 heterocycles. The summed E-state index contributed by atoms with van der Waals surface area (Å²) in [7, 11) is 0. The molecule has 9 nitrogen and oxygen atoms in total. The summed E-state index contributed by atoms with van der Waals surface area (Å²) in [6, 6.07) is 2.74. The standard InChI is InChI=1S/C14H18N2O7/c1-4-5-8-14(2,3)23-13(17)22-12-7-6-10(15(18)19)9-11(12)16(20)21/h6-7,9H,4-5,8H2,1-3H3. The van der Waals surface area contributed by atoms with Gasteiger partial charge in [0, 0.05) is 6.07 Å². The summed E-state index contributed by atoms with van der Waals surface area (Å²) in [6.45, 7) is 5.40. The molecule has 9 heteroatoms. The molecule has 0 atom stereocenters. The van der Waals surface area contributed by atoms with Gasteiger partial charge in [0.25, 0.3) is 5.69 Å². The maximum Gasteiger partial charge on any atom is 0.514 e. The number of carbonyl (C=O) groups is 1. The quantitative estimate of drug-likeness (QED) is 0.321. The number of hydrogen-bond acceptors (Lipinski definition) is 7. The Morgan fingerprint density at radius 2 is 1.87 bits per heavy atom. The zero-order valence-corrected chi connectivity index (χ0v) is 13.1. The highest BCUT2D eigenvalue weighted by Gasteiger charge is 2.27. The van der Waals surface area contributed by atoms with E-state index in [0.29, 0.717) is 6.42 Å². The summed E-state index contributed by atoms with van der Waals surface area (Å²) in [5, 5.41) is 21.6. The van der Waals surface area contributed by atoms with E-state index in [4.69, 9.17) is 9.47 Å². The molecule has 0 aromatic heterocycles. The molecule has 0 spiro atoms. The number of unbranched alkanes of at least 4 members (excludes halogenated alkanes) is 1. The van der Waals surface area contributed by atoms with E-state index in [0.717, 1.165) is 31.0 Å². The highest BCUT2D eigenvalue weighted by atomic mass is 16.7. The fourth-order valence-electron chi connectivity index (χ4n) is 1.84. The van der Waals surface area contributed by atoms with Crippen molar-refractivity contribution < 1.29 is 24.1 Å². The molecule has 1 aromatic rings. The topological polar surface area (TPSA) is 122 Å². The lowest BCUT2D eigenvalue weighted by Gasteiger charge is -2.24. The van der Waals surface area contributed by atoms with Gasteiger partial charge in [-0.2, -0.15) is 0 Å². The van der Waals surface area contributed by atoms with Crippen LogP contribution in [0.5, 0.6) is 5.75 Å². The first-order chi connectivity index (χ1) is 10.7. The molecule has 0 amide bonds. The molecule has 0 unspecified atom stereocenters. The lowest BCUT2D eigenvalue weighted by atomic mass is 10.0. The smallest absolute Gasteiger partial charge is 0.428 e. The number of rotatable bonds is 7. The van der Waals surface area contributed by atoms with Gasteiger partial charge < -0.3 is 9.47 Å². The van der Waals surface area contributed by atoms with Gasteiger partial charge in [0.2, 0.25) is 5.75 Å². The van der Waals surface area contributed by atoms with Gasteiger partial charge in [0.05, 0.1) is 15.9 Å². The van der Waals surface area contributed by atoms with Crippen LogP contribution in [-0.2, 0) is 4.74 Å². The second-order valence-electron chi connectivity index (χ2n) is 5.48. The molecule has 0 aliphatic carbocycles. The third-order valence-corrected chi connectivity index (χ3v) is 3.04. The second kappa shape index (κ2) is 7.52. The number of nitro groups is 2. The zero-order valence-electron chi connectivity index (χ0n) is 13.1. The molecule has 0 aliphatic rings. The van der Waals surface area contributed by atoms with E-state index >= 15 is 0 Å². The third kappa shape index (κ3) is 5.53. The summed E-state index contributed by atoms with van der Waals surface area (Å²) in [4.78, 5) is 31.7. The van der Waals surface area contributed by atoms with Crippen molar-refractivity contribution in [3.63, 3.8) is 0 Å². The van der Waals surface area contributed by atoms with Crippen molar-refractivity contribution in [3.05, 3.63) is 38.4 Å². The number of nitro benzene ring substituents is 2. The monoisotopic (exact) mass is 326 g/mol. The van der Waals surface area contributed by atoms with Crippen molar-refractivity contribution >= 4 is 17.5 Å². The number of ether oxygens (including phenoxy) is 2. The maximum atomic E-state index is 11.8. The van der Waals surface area contributed by atoms with Crippen LogP contribution in [0.3, 0.4) is 0 Å². The minimum absolute atomic E-state index is 0.406. The minimum Gasteiger partial charge on any atom is -0.428 e. The van der Waals surface area contributed by atoms with Crippen molar-refractivity contribution in [2.75, 3.05) is 0 Å². The first kappa shape index (κ1) is 18.3. The lowest BCUT2D eigenvalue weighted by Crippen LogP contribution is -2.29. The summed E-state index contributed by atoms with van der Waals surface area (Å²) in [5.74, 6) is -0.406. The Balaban J connectivity index is 2.89. The summed E-state index contributed by atoms with van der Waals surface area (Å²) >= 11 is 0. The molecule has 0 fully saturated rings. The Labute approximate surface area is 132 Å². The zero-order chi connectivity index (χ0) is 17.6. The molecule has 1 rings (SSSR count). The Hall–Kier alpha value is -2.71. The average Bonchev–Trinajstić information content (AvgIpc) is 2.44. The summed E-state index contributed by atoms with van der Waals surface area (Å²) in [5.41, 5.74) is -1.92. The van der Waals surface area contributed by atoms with Crippen molar-refractivity contribution in [2.45, 2.75) is 45.6 Å². The van der Waals surface area contributed by atoms with Crippen LogP contribution >= 0.6 is 0 Å². The van der Waals surface area contributed by atoms with Crippen LogP contribution in [0.2, 0.25) is 0 Å². The van der Waals surface area contributed by atoms with E-state index in [9.17, 15) is 25.0 Å². The predicted octanol–water partition coefficient (Wildman–Crippen LogP) is 3.99. The van der Waals surface area contributed by atoms with Gasteiger partial charge in [-0.05, 0) is 32.8 Å². The molecular weight excluding hydrogens is 308 g/mol. The van der Waals surface area contributed by atoms with Gasteiger partial charge in [-0.25, -0.2) is 4.79 Å². The summed E-state index contributed by atoms with van der Waals surface area (Å²) < 4.78 is 9.97. The Bertz CT molecular complexity index is 613. The number of carbonyl (C=O) groups excluding carboxylic acids is 1. The van der Waals surface area contributed by atoms with Gasteiger partial charge in [0.15, 0.2) is 0 Å². The first-order valence-corrected chi connectivity index (χ1v) is 7.00. The average molecular weight is 326 g/mol. The van der Waals surface area contributed by atoms with Crippen molar-refractivity contribution in [2.24, 2.45) is 0 Å². The molecule has 0 saturated carbocycles. The number of non-ortho nitro benzene ring substituents is 1. The van der Waals surface area contributed by atoms with Gasteiger partial charge >= 0.3 is 11.8 Å². The third-order valence-electron chi connectivity index (χ3n) is 3.04. The van der Waals surface area contributed by atoms with E-state index in [1.165, 1.54) is 0 Å². The molecule has 0 N–H and O–H groups in total. The van der Waals surface area contributed by atoms with Crippen LogP contribution in [-0.4, -0.2) is 21.6 Å². The molecular formula is C14H18N2O7. The van der Waals surface area contributed by atoms with Crippen molar-refractivity contribution in [1.82, 2.24) is 0 Å². The van der Waals surface area contributed by atoms with E-state index in [2.05, 4.69) is 0 Å². The normalized spacial score (nSPS) is 10.9. The van der Waals surface area contributed by atoms with Gasteiger partial charge in [-0.3, -0.25) is 20.2 Å². The van der Waals surface area contributed by atoms with E-state index in [1.54, 1.807) is 13.8 Å². The van der Waals surface area contributed by atoms with Crippen LogP contribution in [0, 0.1) is 20.2 Å². The molecule has 23 heavy (non-hydrogen) atoms. The highest BCUT2D eigenvalue weighted by molar-refractivity contribution is 5.67. The maximum absolute atomic E-state index is 11.8. The molecule has 126 valence electrons. The number of benzene rings is 1. The number of hydrogen-bond donors (Lipinski definition) is 0. The second-order valence-corrected chi connectivity index (χ2v) is 5.48. The largest absolute Gasteiger partial charge is 0.514 e. The molecule has 0 bridgehead atoms. The van der Waals surface area contributed by atoms with Crippen LogP contribution in [0.25, 0.3) is 0 Å². The van der Waals surface area contributed by atoms with Crippen LogP contribution in [0.4, 0.5) is 16.2 Å². The van der Waals surface area contributed by atoms with Crippen molar-refractivity contribution in [1.29, 1.82) is 0 Å². The molecule has 0 saturated heterocycles. The van der Waals surface area contributed by atoms with Crippen LogP contribution < -0.4 is 4.74 Å². The van der Waals surface area contributed by atoms with E-state index < -0.39 is 38.7 Å². The number of nitrogens with zero attached hydrogens (tertiary/aromatic N) is 2. The Morgan fingerprint density at radius 1 is 1.22 bits per heavy atom. The van der Waals surface area contributed by atoms with Gasteiger partial charge in [-0.1, -0.05) is 13.3 Å². The SMILES string of the molecule is CCCCC(C)(C)OC(=O)Oc1ccc([N+](=O)[O-])cc1[N+](=O)[O-]. The van der Waals surface area contributed by atoms with E-state index in [1.807, 2.05) is 6.92 Å². The molecule has 1 aromatic carbocycles. The fraction of sp³-hybridized carbons (Fsp3) is 0.500. The van der Waals surface area contributed by atoms with Crippen molar-refractivity contribution in [3.8, 4) is 5.75 Å². The molecule has 0 radical (unpaired) electrons. The first-order valence-electron chi connectivity index (χ1n) is 7.00. The van der Waals surface area contributed by atoms with Gasteiger partial charge in [0.1, 0.15) is 5.60 Å². The van der Waals surface area contributed by atoms with E-state index in [-0.39, 0.29) is 0 Å². The fourth-order valence-corrected chi connectivity index (χ4v) is 1.84.